The van der Waals surface area contributed by atoms with Gasteiger partial charge in [-0.15, -0.1) is 0 Å². The zero-order valence-electron chi connectivity index (χ0n) is 18.9. The first kappa shape index (κ1) is 23.3. The summed E-state index contributed by atoms with van der Waals surface area (Å²) in [6.07, 6.45) is 6.26. The number of amides is 1. The van der Waals surface area contributed by atoms with E-state index in [1.54, 1.807) is 38.5 Å². The third-order valence-corrected chi connectivity index (χ3v) is 6.81. The van der Waals surface area contributed by atoms with Gasteiger partial charge in [-0.1, -0.05) is 36.7 Å². The number of carbonyl (C=O) groups is 1. The molecule has 0 atom stereocenters. The van der Waals surface area contributed by atoms with Crippen LogP contribution in [0.5, 0.6) is 11.5 Å². The van der Waals surface area contributed by atoms with Gasteiger partial charge in [0.1, 0.15) is 10.9 Å². The van der Waals surface area contributed by atoms with Crippen LogP contribution in [0.1, 0.15) is 44.1 Å². The van der Waals surface area contributed by atoms with Crippen LogP contribution in [0.2, 0.25) is 0 Å². The molecule has 2 aromatic rings. The highest BCUT2D eigenvalue weighted by atomic mass is 32.2. The molecule has 8 heteroatoms. The number of anilines is 1. The predicted octanol–water partition coefficient (Wildman–Crippen LogP) is 5.47. The van der Waals surface area contributed by atoms with Crippen molar-refractivity contribution in [1.82, 2.24) is 0 Å². The van der Waals surface area contributed by atoms with Gasteiger partial charge in [-0.05, 0) is 49.9 Å². The zero-order valence-corrected chi connectivity index (χ0v) is 19.7. The van der Waals surface area contributed by atoms with Crippen molar-refractivity contribution >= 4 is 34.1 Å². The third-order valence-electron chi connectivity index (χ3n) is 5.84. The Balaban J connectivity index is 1.50. The molecule has 174 valence electrons. The topological polar surface area (TPSA) is 72.3 Å². The van der Waals surface area contributed by atoms with Crippen LogP contribution in [-0.4, -0.2) is 42.3 Å². The Morgan fingerprint density at radius 3 is 2.48 bits per heavy atom. The number of aliphatic imine (C=N–C) groups is 2. The zero-order chi connectivity index (χ0) is 23.3. The number of methoxy groups -OCH3 is 2. The second kappa shape index (κ2) is 10.4. The van der Waals surface area contributed by atoms with Gasteiger partial charge in [0.05, 0.1) is 25.7 Å². The van der Waals surface area contributed by atoms with Crippen molar-refractivity contribution in [2.45, 2.75) is 44.2 Å². The maximum absolute atomic E-state index is 13.9. The number of hydrogen-bond donors (Lipinski definition) is 1. The fourth-order valence-electron chi connectivity index (χ4n) is 4.21. The highest BCUT2D eigenvalue weighted by Crippen LogP contribution is 2.38. The lowest BCUT2D eigenvalue weighted by Crippen LogP contribution is -2.20. The number of halogens is 1. The quantitative estimate of drug-likeness (QED) is 0.609. The molecule has 4 rings (SSSR count). The average molecular weight is 470 g/mol. The third kappa shape index (κ3) is 5.55. The van der Waals surface area contributed by atoms with Gasteiger partial charge in [-0.2, -0.15) is 0 Å². The number of nitrogens with one attached hydrogen (secondary N) is 1. The van der Waals surface area contributed by atoms with Gasteiger partial charge in [-0.25, -0.2) is 9.38 Å². The summed E-state index contributed by atoms with van der Waals surface area (Å²) in [5, 5.41) is 3.59. The Bertz CT molecular complexity index is 1080. The highest BCUT2D eigenvalue weighted by Gasteiger charge is 2.37. The van der Waals surface area contributed by atoms with E-state index in [9.17, 15) is 9.18 Å². The van der Waals surface area contributed by atoms with Crippen LogP contribution in [0, 0.1) is 5.82 Å². The molecule has 0 bridgehead atoms. The Morgan fingerprint density at radius 1 is 1.03 bits per heavy atom. The monoisotopic (exact) mass is 469 g/mol. The molecule has 2 aromatic carbocycles. The molecule has 1 amide bonds. The Hall–Kier alpha value is -2.87. The van der Waals surface area contributed by atoms with Crippen LogP contribution in [0.4, 0.5) is 10.1 Å². The number of rotatable bonds is 6. The Kier molecular flexibility index (Phi) is 7.33. The molecule has 0 saturated heterocycles. The van der Waals surface area contributed by atoms with Gasteiger partial charge < -0.3 is 14.8 Å². The summed E-state index contributed by atoms with van der Waals surface area (Å²) in [5.74, 6) is 0.814. The SMILES string of the molecule is COc1ccc(NC(=O)CSC2=NC3(CCCCCC3)N=C2c2cccc(F)c2)cc1OC. The van der Waals surface area contributed by atoms with E-state index < -0.39 is 5.66 Å². The molecule has 0 aromatic heterocycles. The number of hydrogen-bond acceptors (Lipinski definition) is 6. The number of thioether (sulfide) groups is 1. The molecule has 0 unspecified atom stereocenters. The highest BCUT2D eigenvalue weighted by molar-refractivity contribution is 8.16. The van der Waals surface area contributed by atoms with E-state index in [4.69, 9.17) is 19.5 Å². The van der Waals surface area contributed by atoms with E-state index in [2.05, 4.69) is 5.32 Å². The van der Waals surface area contributed by atoms with Gasteiger partial charge in [0.15, 0.2) is 17.2 Å². The van der Waals surface area contributed by atoms with Crippen LogP contribution in [0.15, 0.2) is 52.4 Å². The summed E-state index contributed by atoms with van der Waals surface area (Å²) < 4.78 is 24.5. The van der Waals surface area contributed by atoms with Crippen molar-refractivity contribution in [3.8, 4) is 11.5 Å². The number of carbonyl (C=O) groups excluding carboxylic acids is 1. The number of nitrogens with zero attached hydrogens (tertiary/aromatic N) is 2. The lowest BCUT2D eigenvalue weighted by molar-refractivity contribution is -0.113. The normalized spacial score (nSPS) is 17.2. The summed E-state index contributed by atoms with van der Waals surface area (Å²) in [4.78, 5) is 22.7. The molecule has 1 saturated carbocycles. The molecular weight excluding hydrogens is 441 g/mol. The lowest BCUT2D eigenvalue weighted by Gasteiger charge is -2.20. The van der Waals surface area contributed by atoms with Gasteiger partial charge in [0.25, 0.3) is 0 Å². The lowest BCUT2D eigenvalue weighted by atomic mass is 10.0. The summed E-state index contributed by atoms with van der Waals surface area (Å²) in [7, 11) is 3.11. The first-order chi connectivity index (χ1) is 16.0. The molecule has 1 spiro atoms. The Morgan fingerprint density at radius 2 is 1.79 bits per heavy atom. The first-order valence-electron chi connectivity index (χ1n) is 11.1. The predicted molar refractivity (Wildman–Crippen MR) is 131 cm³/mol. The first-order valence-corrected chi connectivity index (χ1v) is 12.1. The molecule has 2 aliphatic rings. The van der Waals surface area contributed by atoms with Crippen molar-refractivity contribution in [3.63, 3.8) is 0 Å². The van der Waals surface area contributed by atoms with E-state index in [0.717, 1.165) is 25.7 Å². The van der Waals surface area contributed by atoms with Crippen molar-refractivity contribution in [3.05, 3.63) is 53.8 Å². The molecule has 6 nitrogen and oxygen atoms in total. The molecule has 1 aliphatic carbocycles. The minimum Gasteiger partial charge on any atom is -0.493 e. The molecule has 1 heterocycles. The minimum atomic E-state index is -0.486. The summed E-state index contributed by atoms with van der Waals surface area (Å²) in [5.41, 5.74) is 1.51. The molecule has 33 heavy (non-hydrogen) atoms. The molecule has 1 aliphatic heterocycles. The van der Waals surface area contributed by atoms with Crippen molar-refractivity contribution in [2.24, 2.45) is 9.98 Å². The second-order valence-electron chi connectivity index (χ2n) is 8.19. The van der Waals surface area contributed by atoms with Gasteiger partial charge >= 0.3 is 0 Å². The van der Waals surface area contributed by atoms with E-state index >= 15 is 0 Å². The van der Waals surface area contributed by atoms with Crippen LogP contribution >= 0.6 is 11.8 Å². The molecule has 0 radical (unpaired) electrons. The summed E-state index contributed by atoms with van der Waals surface area (Å²) in [6.45, 7) is 0. The Labute approximate surface area is 197 Å². The maximum Gasteiger partial charge on any atom is 0.234 e. The minimum absolute atomic E-state index is 0.164. The van der Waals surface area contributed by atoms with E-state index in [1.807, 2.05) is 6.07 Å². The van der Waals surface area contributed by atoms with E-state index in [-0.39, 0.29) is 17.5 Å². The average Bonchev–Trinajstić information content (AvgIpc) is 3.02. The molecular formula is C25H28FN3O3S. The summed E-state index contributed by atoms with van der Waals surface area (Å²) >= 11 is 1.34. The number of ether oxygens (including phenoxy) is 2. The van der Waals surface area contributed by atoms with Gasteiger partial charge in [0, 0.05) is 17.3 Å². The molecule has 1 N–H and O–H groups in total. The standard InChI is InChI=1S/C25H28FN3O3S/c1-31-20-11-10-19(15-21(20)32-2)27-22(30)16-33-24-23(17-8-7-9-18(26)14-17)28-25(29-24)12-5-3-4-6-13-25/h7-11,14-15H,3-6,12-13,16H2,1-2H3,(H,27,30). The van der Waals surface area contributed by atoms with Crippen LogP contribution < -0.4 is 14.8 Å². The van der Waals surface area contributed by atoms with Crippen molar-refractivity contribution in [1.29, 1.82) is 0 Å². The largest absolute Gasteiger partial charge is 0.493 e. The fraction of sp³-hybridized carbons (Fsp3) is 0.400. The maximum atomic E-state index is 13.9. The van der Waals surface area contributed by atoms with E-state index in [1.165, 1.54) is 36.7 Å². The smallest absolute Gasteiger partial charge is 0.234 e. The second-order valence-corrected chi connectivity index (χ2v) is 9.16. The number of benzene rings is 2. The van der Waals surface area contributed by atoms with Crippen molar-refractivity contribution < 1.29 is 18.7 Å². The van der Waals surface area contributed by atoms with Gasteiger partial charge in [0.2, 0.25) is 5.91 Å². The van der Waals surface area contributed by atoms with Crippen molar-refractivity contribution in [2.75, 3.05) is 25.3 Å². The van der Waals surface area contributed by atoms with E-state index in [0.29, 0.717) is 33.5 Å². The van der Waals surface area contributed by atoms with Crippen LogP contribution in [-0.2, 0) is 4.79 Å². The van der Waals surface area contributed by atoms with Crippen LogP contribution in [0.25, 0.3) is 0 Å². The fourth-order valence-corrected chi connectivity index (χ4v) is 5.09. The molecule has 1 fully saturated rings. The summed E-state index contributed by atoms with van der Waals surface area (Å²) in [6, 6.07) is 11.6. The van der Waals surface area contributed by atoms with Gasteiger partial charge in [-0.3, -0.25) is 9.79 Å². The van der Waals surface area contributed by atoms with Crippen LogP contribution in [0.3, 0.4) is 0 Å².